The molecular formula is C9H13FO6. The topological polar surface area (TPSA) is 82.1 Å². The molecule has 0 saturated carbocycles. The molecule has 0 aromatic heterocycles. The molecule has 1 N–H and O–H groups in total. The summed E-state index contributed by atoms with van der Waals surface area (Å²) in [6.45, 7) is 2.02. The highest BCUT2D eigenvalue weighted by Gasteiger charge is 2.47. The second-order valence-electron chi connectivity index (χ2n) is 3.39. The quantitative estimate of drug-likeness (QED) is 0.667. The summed E-state index contributed by atoms with van der Waals surface area (Å²) in [5.74, 6) is -1.26. The van der Waals surface area contributed by atoms with Gasteiger partial charge in [0.05, 0.1) is 0 Å². The maximum atomic E-state index is 13.3. The standard InChI is InChI=1S/C9H13FO6/c1-4(11)14-3-6-8(15-5(2)12)7(10)9(13)16-6/h6-9,13H,3H2,1-2H3/t6-,7+,8+,9-/m0/s1. The molecule has 0 aromatic rings. The van der Waals surface area contributed by atoms with Crippen LogP contribution in [0.1, 0.15) is 13.8 Å². The molecule has 16 heavy (non-hydrogen) atoms. The zero-order valence-electron chi connectivity index (χ0n) is 8.88. The molecule has 0 aromatic carbocycles. The fraction of sp³-hybridized carbons (Fsp3) is 0.778. The normalized spacial score (nSPS) is 33.5. The molecule has 1 aliphatic heterocycles. The van der Waals surface area contributed by atoms with Crippen LogP contribution in [0.25, 0.3) is 0 Å². The third-order valence-electron chi connectivity index (χ3n) is 2.02. The summed E-state index contributed by atoms with van der Waals surface area (Å²) in [4.78, 5) is 21.3. The molecule has 0 radical (unpaired) electrons. The first-order chi connectivity index (χ1) is 7.41. The number of carbonyl (C=O) groups is 2. The average molecular weight is 236 g/mol. The Morgan fingerprint density at radius 1 is 1.38 bits per heavy atom. The van der Waals surface area contributed by atoms with Crippen molar-refractivity contribution in [2.75, 3.05) is 6.61 Å². The maximum absolute atomic E-state index is 13.3. The summed E-state index contributed by atoms with van der Waals surface area (Å²) < 4.78 is 27.3. The summed E-state index contributed by atoms with van der Waals surface area (Å²) in [6, 6.07) is 0. The monoisotopic (exact) mass is 236 g/mol. The predicted octanol–water partition coefficient (Wildman–Crippen LogP) is -0.464. The van der Waals surface area contributed by atoms with Crippen LogP contribution < -0.4 is 0 Å². The van der Waals surface area contributed by atoms with Crippen molar-refractivity contribution in [3.05, 3.63) is 0 Å². The van der Waals surface area contributed by atoms with Gasteiger partial charge in [-0.15, -0.1) is 0 Å². The van der Waals surface area contributed by atoms with E-state index in [-0.39, 0.29) is 6.61 Å². The number of carbonyl (C=O) groups excluding carboxylic acids is 2. The van der Waals surface area contributed by atoms with Crippen molar-refractivity contribution in [3.63, 3.8) is 0 Å². The van der Waals surface area contributed by atoms with Crippen LogP contribution in [0.15, 0.2) is 0 Å². The molecule has 0 unspecified atom stereocenters. The van der Waals surface area contributed by atoms with Crippen LogP contribution in [0.5, 0.6) is 0 Å². The molecule has 4 atom stereocenters. The third-order valence-corrected chi connectivity index (χ3v) is 2.02. The number of rotatable bonds is 3. The first kappa shape index (κ1) is 12.9. The number of halogens is 1. The van der Waals surface area contributed by atoms with Crippen molar-refractivity contribution in [1.29, 1.82) is 0 Å². The second-order valence-corrected chi connectivity index (χ2v) is 3.39. The summed E-state index contributed by atoms with van der Waals surface area (Å²) in [5, 5.41) is 9.09. The molecule has 6 nitrogen and oxygen atoms in total. The van der Waals surface area contributed by atoms with Gasteiger partial charge in [0.15, 0.2) is 18.6 Å². The molecule has 7 heteroatoms. The van der Waals surface area contributed by atoms with E-state index in [9.17, 15) is 14.0 Å². The lowest BCUT2D eigenvalue weighted by atomic mass is 10.1. The molecule has 1 rings (SSSR count). The van der Waals surface area contributed by atoms with Gasteiger partial charge in [0.2, 0.25) is 0 Å². The Bertz CT molecular complexity index is 281. The minimum Gasteiger partial charge on any atom is -0.463 e. The lowest BCUT2D eigenvalue weighted by molar-refractivity contribution is -0.159. The van der Waals surface area contributed by atoms with Crippen molar-refractivity contribution >= 4 is 11.9 Å². The van der Waals surface area contributed by atoms with Crippen LogP contribution in [0.4, 0.5) is 4.39 Å². The Balaban J connectivity index is 2.59. The number of hydrogen-bond donors (Lipinski definition) is 1. The average Bonchev–Trinajstić information content (AvgIpc) is 2.42. The van der Waals surface area contributed by atoms with E-state index in [0.717, 1.165) is 6.92 Å². The minimum atomic E-state index is -1.84. The number of ether oxygens (including phenoxy) is 3. The van der Waals surface area contributed by atoms with E-state index in [1.54, 1.807) is 0 Å². The molecular weight excluding hydrogens is 223 g/mol. The highest BCUT2D eigenvalue weighted by molar-refractivity contribution is 5.66. The highest BCUT2D eigenvalue weighted by Crippen LogP contribution is 2.25. The summed E-state index contributed by atoms with van der Waals surface area (Å²) >= 11 is 0. The number of aliphatic hydroxyl groups is 1. The fourth-order valence-corrected chi connectivity index (χ4v) is 1.37. The molecule has 0 bridgehead atoms. The Morgan fingerprint density at radius 2 is 2.00 bits per heavy atom. The summed E-state index contributed by atoms with van der Waals surface area (Å²) in [5.41, 5.74) is 0. The first-order valence-corrected chi connectivity index (χ1v) is 4.70. The number of hydrogen-bond acceptors (Lipinski definition) is 6. The number of aliphatic hydroxyl groups excluding tert-OH is 1. The van der Waals surface area contributed by atoms with Crippen molar-refractivity contribution in [3.8, 4) is 0 Å². The van der Waals surface area contributed by atoms with Gasteiger partial charge < -0.3 is 19.3 Å². The van der Waals surface area contributed by atoms with Crippen molar-refractivity contribution in [2.45, 2.75) is 38.5 Å². The van der Waals surface area contributed by atoms with Gasteiger partial charge in [0.1, 0.15) is 12.7 Å². The van der Waals surface area contributed by atoms with Crippen molar-refractivity contribution in [2.24, 2.45) is 0 Å². The van der Waals surface area contributed by atoms with Crippen LogP contribution in [0.2, 0.25) is 0 Å². The second kappa shape index (κ2) is 5.22. The van der Waals surface area contributed by atoms with E-state index in [4.69, 9.17) is 9.84 Å². The zero-order valence-corrected chi connectivity index (χ0v) is 8.88. The van der Waals surface area contributed by atoms with E-state index >= 15 is 0 Å². The van der Waals surface area contributed by atoms with Crippen LogP contribution in [-0.4, -0.2) is 48.3 Å². The number of alkyl halides is 1. The SMILES string of the molecule is CC(=O)OC[C@@H]1O[C@H](O)[C@H](F)[C@@H]1OC(C)=O. The van der Waals surface area contributed by atoms with Gasteiger partial charge in [-0.05, 0) is 0 Å². The van der Waals surface area contributed by atoms with Crippen LogP contribution in [0.3, 0.4) is 0 Å². The molecule has 1 saturated heterocycles. The molecule has 0 spiro atoms. The van der Waals surface area contributed by atoms with Gasteiger partial charge in [-0.3, -0.25) is 9.59 Å². The van der Waals surface area contributed by atoms with E-state index in [1.807, 2.05) is 0 Å². The van der Waals surface area contributed by atoms with Gasteiger partial charge in [0.25, 0.3) is 0 Å². The molecule has 92 valence electrons. The van der Waals surface area contributed by atoms with Crippen LogP contribution >= 0.6 is 0 Å². The van der Waals surface area contributed by atoms with Gasteiger partial charge in [-0.2, -0.15) is 0 Å². The van der Waals surface area contributed by atoms with E-state index in [1.165, 1.54) is 6.92 Å². The zero-order chi connectivity index (χ0) is 12.3. The minimum absolute atomic E-state index is 0.273. The van der Waals surface area contributed by atoms with Crippen LogP contribution in [0, 0.1) is 0 Å². The summed E-state index contributed by atoms with van der Waals surface area (Å²) in [7, 11) is 0. The van der Waals surface area contributed by atoms with Gasteiger partial charge >= 0.3 is 11.9 Å². The molecule has 1 heterocycles. The lowest BCUT2D eigenvalue weighted by Gasteiger charge is -2.18. The van der Waals surface area contributed by atoms with Crippen molar-refractivity contribution < 1.29 is 33.3 Å². The smallest absolute Gasteiger partial charge is 0.303 e. The molecule has 1 aliphatic rings. The number of esters is 2. The fourth-order valence-electron chi connectivity index (χ4n) is 1.37. The highest BCUT2D eigenvalue weighted by atomic mass is 19.1. The van der Waals surface area contributed by atoms with E-state index in [0.29, 0.717) is 0 Å². The Kier molecular flexibility index (Phi) is 4.19. The Hall–Kier alpha value is -1.21. The lowest BCUT2D eigenvalue weighted by Crippen LogP contribution is -2.36. The van der Waals surface area contributed by atoms with Gasteiger partial charge in [-0.25, -0.2) is 4.39 Å². The van der Waals surface area contributed by atoms with E-state index < -0.39 is 36.6 Å². The molecule has 1 fully saturated rings. The largest absolute Gasteiger partial charge is 0.463 e. The third kappa shape index (κ3) is 3.14. The molecule has 0 amide bonds. The Labute approximate surface area is 91.3 Å². The maximum Gasteiger partial charge on any atom is 0.303 e. The Morgan fingerprint density at radius 3 is 2.50 bits per heavy atom. The first-order valence-electron chi connectivity index (χ1n) is 4.70. The van der Waals surface area contributed by atoms with Crippen molar-refractivity contribution in [1.82, 2.24) is 0 Å². The van der Waals surface area contributed by atoms with Gasteiger partial charge in [0, 0.05) is 13.8 Å². The summed E-state index contributed by atoms with van der Waals surface area (Å²) in [6.07, 6.45) is -5.76. The van der Waals surface area contributed by atoms with Gasteiger partial charge in [-0.1, -0.05) is 0 Å². The van der Waals surface area contributed by atoms with Crippen LogP contribution in [-0.2, 0) is 23.8 Å². The van der Waals surface area contributed by atoms with E-state index in [2.05, 4.69) is 9.47 Å². The predicted molar refractivity (Wildman–Crippen MR) is 48.0 cm³/mol. The molecule has 0 aliphatic carbocycles.